The third-order valence-electron chi connectivity index (χ3n) is 3.90. The van der Waals surface area contributed by atoms with Gasteiger partial charge in [-0.1, -0.05) is 11.6 Å². The second-order valence-electron chi connectivity index (χ2n) is 5.39. The number of rotatable bonds is 4. The van der Waals surface area contributed by atoms with Gasteiger partial charge in [0.15, 0.2) is 0 Å². The second-order valence-corrected chi connectivity index (χ2v) is 7.19. The predicted molar refractivity (Wildman–Crippen MR) is 89.3 cm³/mol. The average Bonchev–Trinajstić information content (AvgIpc) is 2.99. The maximum atomic E-state index is 12.4. The van der Waals surface area contributed by atoms with Crippen LogP contribution in [0, 0.1) is 0 Å². The van der Waals surface area contributed by atoms with Gasteiger partial charge in [-0.05, 0) is 37.1 Å². The zero-order valence-electron chi connectivity index (χ0n) is 12.2. The van der Waals surface area contributed by atoms with E-state index in [0.29, 0.717) is 6.04 Å². The molecule has 1 aliphatic heterocycles. The van der Waals surface area contributed by atoms with E-state index in [9.17, 15) is 4.79 Å². The van der Waals surface area contributed by atoms with Crippen LogP contribution >= 0.6 is 22.9 Å². The molecule has 22 heavy (non-hydrogen) atoms. The quantitative estimate of drug-likeness (QED) is 0.933. The van der Waals surface area contributed by atoms with Crippen molar-refractivity contribution >= 4 is 28.8 Å². The number of amides is 1. The molecular formula is C16H18ClN3OS. The average molecular weight is 336 g/mol. The number of carbonyl (C=O) groups excluding carboxylic acids is 1. The molecule has 0 bridgehead atoms. The van der Waals surface area contributed by atoms with Crippen molar-refractivity contribution in [3.05, 3.63) is 51.4 Å². The number of aromatic nitrogens is 1. The van der Waals surface area contributed by atoms with Crippen molar-refractivity contribution in [2.24, 2.45) is 0 Å². The molecule has 0 aromatic carbocycles. The first-order chi connectivity index (χ1) is 10.7. The van der Waals surface area contributed by atoms with Gasteiger partial charge in [-0.25, -0.2) is 0 Å². The molecule has 0 aliphatic carbocycles. The zero-order chi connectivity index (χ0) is 15.4. The van der Waals surface area contributed by atoms with Gasteiger partial charge in [0.1, 0.15) is 0 Å². The Hall–Kier alpha value is -1.43. The summed E-state index contributed by atoms with van der Waals surface area (Å²) in [5, 5.41) is 3.55. The number of pyridine rings is 1. The molecule has 4 nitrogen and oxygen atoms in total. The molecule has 2 aromatic heterocycles. The fourth-order valence-electron chi connectivity index (χ4n) is 2.66. The molecule has 2 aromatic rings. The first kappa shape index (κ1) is 15.5. The van der Waals surface area contributed by atoms with Crippen molar-refractivity contribution in [1.82, 2.24) is 15.2 Å². The molecule has 0 atom stereocenters. The third-order valence-corrected chi connectivity index (χ3v) is 5.13. The predicted octanol–water partition coefficient (Wildman–Crippen LogP) is 3.19. The van der Waals surface area contributed by atoms with Crippen LogP contribution in [0.5, 0.6) is 0 Å². The Morgan fingerprint density at radius 1 is 1.27 bits per heavy atom. The van der Waals surface area contributed by atoms with Crippen LogP contribution < -0.4 is 5.32 Å². The second kappa shape index (κ2) is 7.22. The van der Waals surface area contributed by atoms with Gasteiger partial charge in [0.25, 0.3) is 5.91 Å². The molecule has 1 N–H and O–H groups in total. The Bertz CT molecular complexity index is 623. The van der Waals surface area contributed by atoms with Crippen LogP contribution in [-0.2, 0) is 6.54 Å². The summed E-state index contributed by atoms with van der Waals surface area (Å²) in [5.74, 6) is 0.103. The first-order valence-electron chi connectivity index (χ1n) is 7.39. The minimum atomic E-state index is 0.103. The third kappa shape index (κ3) is 3.85. The highest BCUT2D eigenvalue weighted by atomic mass is 35.5. The molecule has 0 saturated carbocycles. The van der Waals surface area contributed by atoms with Crippen LogP contribution in [0.25, 0.3) is 0 Å². The Kier molecular flexibility index (Phi) is 5.08. The molecule has 6 heteroatoms. The van der Waals surface area contributed by atoms with Gasteiger partial charge in [-0.3, -0.25) is 9.78 Å². The van der Waals surface area contributed by atoms with E-state index in [1.165, 1.54) is 4.88 Å². The van der Waals surface area contributed by atoms with E-state index in [1.54, 1.807) is 35.9 Å². The molecule has 0 radical (unpaired) electrons. The SMILES string of the molecule is O=C(c1ccncc1)N1CCC(NCc2ccc(Cl)s2)CC1. The van der Waals surface area contributed by atoms with E-state index in [-0.39, 0.29) is 5.91 Å². The lowest BCUT2D eigenvalue weighted by atomic mass is 10.0. The maximum absolute atomic E-state index is 12.4. The standard InChI is InChI=1S/C16H18ClN3OS/c17-15-2-1-14(22-15)11-19-13-5-9-20(10-6-13)16(21)12-3-7-18-8-4-12/h1-4,7-8,13,19H,5-6,9-11H2. The van der Waals surface area contributed by atoms with Gasteiger partial charge in [-0.2, -0.15) is 0 Å². The lowest BCUT2D eigenvalue weighted by Crippen LogP contribution is -2.44. The van der Waals surface area contributed by atoms with Crippen molar-refractivity contribution in [3.8, 4) is 0 Å². The van der Waals surface area contributed by atoms with Crippen molar-refractivity contribution in [2.45, 2.75) is 25.4 Å². The van der Waals surface area contributed by atoms with E-state index in [0.717, 1.165) is 42.4 Å². The Morgan fingerprint density at radius 3 is 2.64 bits per heavy atom. The molecule has 3 heterocycles. The van der Waals surface area contributed by atoms with Gasteiger partial charge in [-0.15, -0.1) is 11.3 Å². The number of piperidine rings is 1. The van der Waals surface area contributed by atoms with E-state index < -0.39 is 0 Å². The number of hydrogen-bond acceptors (Lipinski definition) is 4. The smallest absolute Gasteiger partial charge is 0.253 e. The summed E-state index contributed by atoms with van der Waals surface area (Å²) in [7, 11) is 0. The number of nitrogens with zero attached hydrogens (tertiary/aromatic N) is 2. The molecule has 0 unspecified atom stereocenters. The number of thiophene rings is 1. The summed E-state index contributed by atoms with van der Waals surface area (Å²) in [4.78, 5) is 19.5. The van der Waals surface area contributed by atoms with Crippen molar-refractivity contribution in [3.63, 3.8) is 0 Å². The number of nitrogens with one attached hydrogen (secondary N) is 1. The Labute approximate surface area is 139 Å². The normalized spacial score (nSPS) is 16.0. The largest absolute Gasteiger partial charge is 0.339 e. The Morgan fingerprint density at radius 2 is 2.00 bits per heavy atom. The van der Waals surface area contributed by atoms with Crippen LogP contribution in [0.1, 0.15) is 28.1 Å². The summed E-state index contributed by atoms with van der Waals surface area (Å²) >= 11 is 7.55. The van der Waals surface area contributed by atoms with E-state index in [2.05, 4.69) is 16.4 Å². The summed E-state index contributed by atoms with van der Waals surface area (Å²) in [6, 6.07) is 7.99. The van der Waals surface area contributed by atoms with Crippen LogP contribution in [0.4, 0.5) is 0 Å². The van der Waals surface area contributed by atoms with E-state index in [4.69, 9.17) is 11.6 Å². The highest BCUT2D eigenvalue weighted by Gasteiger charge is 2.23. The van der Waals surface area contributed by atoms with Crippen LogP contribution in [0.2, 0.25) is 4.34 Å². The van der Waals surface area contributed by atoms with Gasteiger partial charge < -0.3 is 10.2 Å². The van der Waals surface area contributed by atoms with Crippen molar-refractivity contribution in [2.75, 3.05) is 13.1 Å². The summed E-state index contributed by atoms with van der Waals surface area (Å²) in [6.45, 7) is 2.44. The molecule has 1 amide bonds. The summed E-state index contributed by atoms with van der Waals surface area (Å²) in [5.41, 5.74) is 0.717. The topological polar surface area (TPSA) is 45.2 Å². The number of carbonyl (C=O) groups is 1. The summed E-state index contributed by atoms with van der Waals surface area (Å²) < 4.78 is 0.828. The lowest BCUT2D eigenvalue weighted by molar-refractivity contribution is 0.0704. The van der Waals surface area contributed by atoms with E-state index in [1.807, 2.05) is 11.0 Å². The fourth-order valence-corrected chi connectivity index (χ4v) is 3.69. The van der Waals surface area contributed by atoms with Crippen molar-refractivity contribution < 1.29 is 4.79 Å². The van der Waals surface area contributed by atoms with E-state index >= 15 is 0 Å². The first-order valence-corrected chi connectivity index (χ1v) is 8.59. The van der Waals surface area contributed by atoms with Gasteiger partial charge >= 0.3 is 0 Å². The molecule has 1 fully saturated rings. The molecule has 116 valence electrons. The molecule has 1 saturated heterocycles. The summed E-state index contributed by atoms with van der Waals surface area (Å²) in [6.07, 6.45) is 5.28. The van der Waals surface area contributed by atoms with Crippen LogP contribution in [0.3, 0.4) is 0 Å². The monoisotopic (exact) mass is 335 g/mol. The lowest BCUT2D eigenvalue weighted by Gasteiger charge is -2.32. The highest BCUT2D eigenvalue weighted by Crippen LogP contribution is 2.22. The highest BCUT2D eigenvalue weighted by molar-refractivity contribution is 7.16. The minimum Gasteiger partial charge on any atom is -0.339 e. The number of likely N-dealkylation sites (tertiary alicyclic amines) is 1. The molecule has 0 spiro atoms. The van der Waals surface area contributed by atoms with Crippen LogP contribution in [0.15, 0.2) is 36.7 Å². The fraction of sp³-hybridized carbons (Fsp3) is 0.375. The zero-order valence-corrected chi connectivity index (χ0v) is 13.7. The van der Waals surface area contributed by atoms with Gasteiger partial charge in [0.05, 0.1) is 4.34 Å². The minimum absolute atomic E-state index is 0.103. The number of halogens is 1. The molecular weight excluding hydrogens is 318 g/mol. The Balaban J connectivity index is 1.47. The van der Waals surface area contributed by atoms with Crippen LogP contribution in [-0.4, -0.2) is 34.9 Å². The molecule has 3 rings (SSSR count). The molecule has 1 aliphatic rings. The van der Waals surface area contributed by atoms with Gasteiger partial charge in [0, 0.05) is 48.5 Å². The number of hydrogen-bond donors (Lipinski definition) is 1. The maximum Gasteiger partial charge on any atom is 0.253 e. The van der Waals surface area contributed by atoms with Gasteiger partial charge in [0.2, 0.25) is 0 Å². The van der Waals surface area contributed by atoms with Crippen molar-refractivity contribution in [1.29, 1.82) is 0 Å².